The van der Waals surface area contributed by atoms with E-state index in [9.17, 15) is 18.3 Å². The number of hydrogen-bond acceptors (Lipinski definition) is 3. The van der Waals surface area contributed by atoms with Crippen LogP contribution >= 0.6 is 12.2 Å². The molecule has 1 aromatic carbocycles. The molecule has 0 spiro atoms. The molecule has 0 amide bonds. The molecule has 0 atom stereocenters. The molecule has 0 aliphatic carbocycles. The average molecular weight is 318 g/mol. The first-order valence-electron chi connectivity index (χ1n) is 6.58. The first-order valence-corrected chi connectivity index (χ1v) is 6.99. The van der Waals surface area contributed by atoms with Crippen molar-refractivity contribution in [2.24, 2.45) is 5.73 Å². The average Bonchev–Trinajstić information content (AvgIpc) is 2.37. The molecule has 3 N–H and O–H groups in total. The standard InChI is InChI=1S/C14H17F3N2OS/c1-13(20)4-6-19(7-5-13)9-2-3-11(14(15,16)17)10(8-9)12(18)21/h2-3,8,20H,4-7H2,1H3,(H2,18,21). The van der Waals surface area contributed by atoms with Gasteiger partial charge in [-0.2, -0.15) is 13.2 Å². The van der Waals surface area contributed by atoms with Gasteiger partial charge in [0.15, 0.2) is 0 Å². The van der Waals surface area contributed by atoms with Crippen molar-refractivity contribution in [3.05, 3.63) is 29.3 Å². The monoisotopic (exact) mass is 318 g/mol. The van der Waals surface area contributed by atoms with Crippen molar-refractivity contribution in [1.82, 2.24) is 0 Å². The molecule has 1 fully saturated rings. The number of nitrogens with two attached hydrogens (primary N) is 1. The van der Waals surface area contributed by atoms with Crippen molar-refractivity contribution in [2.75, 3.05) is 18.0 Å². The first-order chi connectivity index (χ1) is 9.60. The lowest BCUT2D eigenvalue weighted by Gasteiger charge is -2.37. The van der Waals surface area contributed by atoms with Gasteiger partial charge < -0.3 is 15.7 Å². The molecular formula is C14H17F3N2OS. The van der Waals surface area contributed by atoms with Gasteiger partial charge in [0.1, 0.15) is 4.99 Å². The molecular weight excluding hydrogens is 301 g/mol. The maximum atomic E-state index is 12.9. The highest BCUT2D eigenvalue weighted by Gasteiger charge is 2.35. The van der Waals surface area contributed by atoms with Crippen LogP contribution in [0.5, 0.6) is 0 Å². The summed E-state index contributed by atoms with van der Waals surface area (Å²) in [4.78, 5) is 1.66. The Bertz CT molecular complexity index is 548. The molecule has 1 aromatic rings. The maximum absolute atomic E-state index is 12.9. The van der Waals surface area contributed by atoms with Crippen LogP contribution in [-0.2, 0) is 6.18 Å². The minimum atomic E-state index is -4.48. The zero-order chi connectivity index (χ0) is 15.8. The first kappa shape index (κ1) is 16.0. The molecule has 0 saturated carbocycles. The zero-order valence-corrected chi connectivity index (χ0v) is 12.4. The Kier molecular flexibility index (Phi) is 4.17. The molecule has 0 bridgehead atoms. The highest BCUT2D eigenvalue weighted by Crippen LogP contribution is 2.35. The van der Waals surface area contributed by atoms with E-state index in [0.717, 1.165) is 6.07 Å². The van der Waals surface area contributed by atoms with Crippen LogP contribution in [0.2, 0.25) is 0 Å². The molecule has 3 nitrogen and oxygen atoms in total. The molecule has 116 valence electrons. The molecule has 21 heavy (non-hydrogen) atoms. The maximum Gasteiger partial charge on any atom is 0.417 e. The topological polar surface area (TPSA) is 49.5 Å². The smallest absolute Gasteiger partial charge is 0.390 e. The van der Waals surface area contributed by atoms with Crippen molar-refractivity contribution in [3.8, 4) is 0 Å². The molecule has 1 aliphatic rings. The van der Waals surface area contributed by atoms with E-state index in [1.54, 1.807) is 6.92 Å². The number of anilines is 1. The predicted octanol–water partition coefficient (Wildman–Crippen LogP) is 2.69. The fourth-order valence-corrected chi connectivity index (χ4v) is 2.60. The Morgan fingerprint density at radius 3 is 2.38 bits per heavy atom. The second-order valence-corrected chi connectivity index (χ2v) is 6.02. The summed E-state index contributed by atoms with van der Waals surface area (Å²) >= 11 is 4.74. The van der Waals surface area contributed by atoms with Gasteiger partial charge in [0, 0.05) is 24.3 Å². The lowest BCUT2D eigenvalue weighted by Crippen LogP contribution is -2.42. The Hall–Kier alpha value is -1.34. The van der Waals surface area contributed by atoms with Crippen LogP contribution in [0.1, 0.15) is 30.9 Å². The van der Waals surface area contributed by atoms with Gasteiger partial charge in [-0.05, 0) is 38.0 Å². The SMILES string of the molecule is CC1(O)CCN(c2ccc(C(F)(F)F)c(C(N)=S)c2)CC1. The van der Waals surface area contributed by atoms with E-state index in [4.69, 9.17) is 18.0 Å². The van der Waals surface area contributed by atoms with Gasteiger partial charge in [-0.3, -0.25) is 0 Å². The fraction of sp³-hybridized carbons (Fsp3) is 0.500. The molecule has 1 heterocycles. The van der Waals surface area contributed by atoms with E-state index in [2.05, 4.69) is 0 Å². The largest absolute Gasteiger partial charge is 0.417 e. The molecule has 0 unspecified atom stereocenters. The summed E-state index contributed by atoms with van der Waals surface area (Å²) in [5.41, 5.74) is 4.38. The molecule has 7 heteroatoms. The Balaban J connectivity index is 2.31. The minimum Gasteiger partial charge on any atom is -0.390 e. The number of aliphatic hydroxyl groups is 1. The van der Waals surface area contributed by atoms with Crippen molar-refractivity contribution in [3.63, 3.8) is 0 Å². The summed E-state index contributed by atoms with van der Waals surface area (Å²) in [7, 11) is 0. The Labute approximate surface area is 126 Å². The van der Waals surface area contributed by atoms with E-state index in [0.29, 0.717) is 31.6 Å². The van der Waals surface area contributed by atoms with Gasteiger partial charge in [-0.25, -0.2) is 0 Å². The summed E-state index contributed by atoms with van der Waals surface area (Å²) in [6.07, 6.45) is -3.35. The van der Waals surface area contributed by atoms with E-state index >= 15 is 0 Å². The second-order valence-electron chi connectivity index (χ2n) is 5.58. The van der Waals surface area contributed by atoms with Crippen molar-refractivity contribution in [2.45, 2.75) is 31.5 Å². The quantitative estimate of drug-likeness (QED) is 0.823. The molecule has 0 aromatic heterocycles. The summed E-state index contributed by atoms with van der Waals surface area (Å²) in [5.74, 6) is 0. The highest BCUT2D eigenvalue weighted by molar-refractivity contribution is 7.80. The van der Waals surface area contributed by atoms with E-state index in [1.165, 1.54) is 12.1 Å². The van der Waals surface area contributed by atoms with Crippen LogP contribution < -0.4 is 10.6 Å². The van der Waals surface area contributed by atoms with Crippen molar-refractivity contribution < 1.29 is 18.3 Å². The fourth-order valence-electron chi connectivity index (χ4n) is 2.43. The predicted molar refractivity (Wildman–Crippen MR) is 79.4 cm³/mol. The normalized spacial score (nSPS) is 18.6. The van der Waals surface area contributed by atoms with Crippen molar-refractivity contribution in [1.29, 1.82) is 0 Å². The summed E-state index contributed by atoms with van der Waals surface area (Å²) < 4.78 is 38.8. The summed E-state index contributed by atoms with van der Waals surface area (Å²) in [6.45, 7) is 2.92. The highest BCUT2D eigenvalue weighted by atomic mass is 32.1. The van der Waals surface area contributed by atoms with Gasteiger partial charge in [-0.15, -0.1) is 0 Å². The molecule has 1 saturated heterocycles. The number of hydrogen-bond donors (Lipinski definition) is 2. The summed E-state index contributed by atoms with van der Waals surface area (Å²) in [5, 5.41) is 9.92. The van der Waals surface area contributed by atoms with Gasteiger partial charge in [0.25, 0.3) is 0 Å². The van der Waals surface area contributed by atoms with Crippen LogP contribution in [0.25, 0.3) is 0 Å². The van der Waals surface area contributed by atoms with Gasteiger partial charge in [0.05, 0.1) is 11.2 Å². The van der Waals surface area contributed by atoms with E-state index in [1.807, 2.05) is 4.90 Å². The Morgan fingerprint density at radius 1 is 1.33 bits per heavy atom. The molecule has 0 radical (unpaired) electrons. The van der Waals surface area contributed by atoms with Gasteiger partial charge in [0.2, 0.25) is 0 Å². The van der Waals surface area contributed by atoms with E-state index < -0.39 is 17.3 Å². The number of thiocarbonyl (C=S) groups is 1. The van der Waals surface area contributed by atoms with Gasteiger partial charge in [-0.1, -0.05) is 12.2 Å². The van der Waals surface area contributed by atoms with Crippen molar-refractivity contribution >= 4 is 22.9 Å². The minimum absolute atomic E-state index is 0.160. The number of halogens is 3. The molecule has 1 aliphatic heterocycles. The summed E-state index contributed by atoms with van der Waals surface area (Å²) in [6, 6.07) is 3.81. The number of alkyl halides is 3. The molecule has 2 rings (SSSR count). The number of rotatable bonds is 2. The lowest BCUT2D eigenvalue weighted by atomic mass is 9.93. The van der Waals surface area contributed by atoms with E-state index in [-0.39, 0.29) is 10.6 Å². The third-order valence-corrected chi connectivity index (χ3v) is 4.00. The second kappa shape index (κ2) is 5.46. The van der Waals surface area contributed by atoms with Crippen LogP contribution in [0.4, 0.5) is 18.9 Å². The van der Waals surface area contributed by atoms with Gasteiger partial charge >= 0.3 is 6.18 Å². The number of nitrogens with zero attached hydrogens (tertiary/aromatic N) is 1. The van der Waals surface area contributed by atoms with Crippen LogP contribution in [0.3, 0.4) is 0 Å². The van der Waals surface area contributed by atoms with Crippen LogP contribution in [-0.4, -0.2) is 28.8 Å². The number of piperidine rings is 1. The number of benzene rings is 1. The Morgan fingerprint density at radius 2 is 1.90 bits per heavy atom. The lowest BCUT2D eigenvalue weighted by molar-refractivity contribution is -0.137. The third-order valence-electron chi connectivity index (χ3n) is 3.78. The zero-order valence-electron chi connectivity index (χ0n) is 11.6. The third kappa shape index (κ3) is 3.65. The van der Waals surface area contributed by atoms with Crippen LogP contribution in [0, 0.1) is 0 Å². The van der Waals surface area contributed by atoms with Crippen LogP contribution in [0.15, 0.2) is 18.2 Å².